The van der Waals surface area contributed by atoms with Gasteiger partial charge in [-0.15, -0.1) is 0 Å². The van der Waals surface area contributed by atoms with Crippen molar-refractivity contribution in [2.24, 2.45) is 5.92 Å². The molecule has 1 fully saturated rings. The van der Waals surface area contributed by atoms with Crippen LogP contribution in [0.4, 0.5) is 0 Å². The van der Waals surface area contributed by atoms with Crippen molar-refractivity contribution in [1.29, 1.82) is 0 Å². The van der Waals surface area contributed by atoms with E-state index in [1.54, 1.807) is 7.11 Å². The fourth-order valence-corrected chi connectivity index (χ4v) is 3.19. The highest BCUT2D eigenvalue weighted by Gasteiger charge is 2.36. The van der Waals surface area contributed by atoms with Gasteiger partial charge in [-0.2, -0.15) is 0 Å². The normalized spacial score (nSPS) is 28.3. The third-order valence-electron chi connectivity index (χ3n) is 4.35. The summed E-state index contributed by atoms with van der Waals surface area (Å²) in [6.07, 6.45) is 4.54. The van der Waals surface area contributed by atoms with E-state index in [9.17, 15) is 5.11 Å². The molecule has 4 nitrogen and oxygen atoms in total. The van der Waals surface area contributed by atoms with Gasteiger partial charge in [0.15, 0.2) is 0 Å². The van der Waals surface area contributed by atoms with Crippen molar-refractivity contribution >= 4 is 0 Å². The summed E-state index contributed by atoms with van der Waals surface area (Å²) in [6.45, 7) is 7.65. The third-order valence-corrected chi connectivity index (χ3v) is 4.35. The van der Waals surface area contributed by atoms with Crippen LogP contribution >= 0.6 is 0 Å². The van der Waals surface area contributed by atoms with Gasteiger partial charge in [0.1, 0.15) is 0 Å². The SMILES string of the molecule is CNC1(CO)CCCC(N(CCOC)CC(C)C)C1. The van der Waals surface area contributed by atoms with Gasteiger partial charge in [-0.25, -0.2) is 0 Å². The molecule has 0 aliphatic heterocycles. The van der Waals surface area contributed by atoms with Crippen molar-refractivity contribution < 1.29 is 9.84 Å². The van der Waals surface area contributed by atoms with Crippen LogP contribution in [0.1, 0.15) is 39.5 Å². The van der Waals surface area contributed by atoms with E-state index in [1.807, 2.05) is 7.05 Å². The van der Waals surface area contributed by atoms with Crippen molar-refractivity contribution in [2.75, 3.05) is 40.5 Å². The van der Waals surface area contributed by atoms with E-state index in [-0.39, 0.29) is 12.1 Å². The van der Waals surface area contributed by atoms with Gasteiger partial charge in [0, 0.05) is 31.8 Å². The molecule has 1 saturated carbocycles. The van der Waals surface area contributed by atoms with E-state index >= 15 is 0 Å². The molecule has 0 heterocycles. The molecule has 0 aromatic carbocycles. The van der Waals surface area contributed by atoms with Crippen molar-refractivity contribution in [3.05, 3.63) is 0 Å². The largest absolute Gasteiger partial charge is 0.394 e. The van der Waals surface area contributed by atoms with E-state index in [1.165, 1.54) is 12.8 Å². The van der Waals surface area contributed by atoms with Crippen molar-refractivity contribution in [3.8, 4) is 0 Å². The van der Waals surface area contributed by atoms with Crippen LogP contribution in [0.2, 0.25) is 0 Å². The van der Waals surface area contributed by atoms with Gasteiger partial charge in [0.2, 0.25) is 0 Å². The number of aliphatic hydroxyl groups excluding tert-OH is 1. The second-order valence-corrected chi connectivity index (χ2v) is 6.32. The van der Waals surface area contributed by atoms with Gasteiger partial charge in [0.25, 0.3) is 0 Å². The number of hydrogen-bond acceptors (Lipinski definition) is 4. The minimum absolute atomic E-state index is 0.0782. The second-order valence-electron chi connectivity index (χ2n) is 6.32. The van der Waals surface area contributed by atoms with Gasteiger partial charge in [-0.1, -0.05) is 13.8 Å². The van der Waals surface area contributed by atoms with Crippen LogP contribution < -0.4 is 5.32 Å². The highest BCUT2D eigenvalue weighted by Crippen LogP contribution is 2.31. The number of likely N-dealkylation sites (N-methyl/N-ethyl adjacent to an activating group) is 1. The number of nitrogens with one attached hydrogen (secondary N) is 1. The van der Waals surface area contributed by atoms with Crippen molar-refractivity contribution in [1.82, 2.24) is 10.2 Å². The zero-order chi connectivity index (χ0) is 14.3. The Morgan fingerprint density at radius 2 is 2.21 bits per heavy atom. The molecule has 114 valence electrons. The fraction of sp³-hybridized carbons (Fsp3) is 1.00. The number of nitrogens with zero attached hydrogens (tertiary/aromatic N) is 1. The Morgan fingerprint density at radius 1 is 1.47 bits per heavy atom. The molecule has 0 aromatic heterocycles. The quantitative estimate of drug-likeness (QED) is 0.702. The molecule has 1 aliphatic rings. The Bertz CT molecular complexity index is 242. The monoisotopic (exact) mass is 272 g/mol. The van der Waals surface area contributed by atoms with Crippen LogP contribution in [0.3, 0.4) is 0 Å². The van der Waals surface area contributed by atoms with E-state index in [0.29, 0.717) is 12.0 Å². The lowest BCUT2D eigenvalue weighted by atomic mass is 9.79. The van der Waals surface area contributed by atoms with Crippen LogP contribution in [-0.4, -0.2) is 62.0 Å². The van der Waals surface area contributed by atoms with E-state index in [2.05, 4.69) is 24.1 Å². The lowest BCUT2D eigenvalue weighted by Crippen LogP contribution is -2.55. The lowest BCUT2D eigenvalue weighted by Gasteiger charge is -2.44. The molecule has 19 heavy (non-hydrogen) atoms. The first-order valence-corrected chi connectivity index (χ1v) is 7.59. The summed E-state index contributed by atoms with van der Waals surface area (Å²) in [7, 11) is 3.74. The Hall–Kier alpha value is -0.160. The first kappa shape index (κ1) is 16.9. The van der Waals surface area contributed by atoms with Crippen molar-refractivity contribution in [3.63, 3.8) is 0 Å². The third kappa shape index (κ3) is 5.03. The maximum absolute atomic E-state index is 9.69. The molecule has 0 bridgehead atoms. The topological polar surface area (TPSA) is 44.7 Å². The molecule has 0 aromatic rings. The van der Waals surface area contributed by atoms with Crippen LogP contribution in [0.25, 0.3) is 0 Å². The predicted molar refractivity (Wildman–Crippen MR) is 79.4 cm³/mol. The molecular formula is C15H32N2O2. The standard InChI is InChI=1S/C15H32N2O2/c1-13(2)11-17(8-9-19-4)14-6-5-7-15(10-14,12-18)16-3/h13-14,16,18H,5-12H2,1-4H3. The summed E-state index contributed by atoms with van der Waals surface area (Å²) in [5.41, 5.74) is -0.0782. The van der Waals surface area contributed by atoms with Gasteiger partial charge in [-0.05, 0) is 38.6 Å². The molecule has 2 atom stereocenters. The molecule has 1 rings (SSSR count). The fourth-order valence-electron chi connectivity index (χ4n) is 3.19. The summed E-state index contributed by atoms with van der Waals surface area (Å²) in [5.74, 6) is 0.664. The maximum atomic E-state index is 9.69. The molecule has 2 unspecified atom stereocenters. The predicted octanol–water partition coefficient (Wildman–Crippen LogP) is 1.48. The highest BCUT2D eigenvalue weighted by molar-refractivity contribution is 4.95. The number of aliphatic hydroxyl groups is 1. The first-order chi connectivity index (χ1) is 9.06. The summed E-state index contributed by atoms with van der Waals surface area (Å²) < 4.78 is 5.24. The van der Waals surface area contributed by atoms with Gasteiger partial charge in [-0.3, -0.25) is 4.90 Å². The molecule has 2 N–H and O–H groups in total. The number of ether oxygens (including phenoxy) is 1. The number of rotatable bonds is 8. The lowest BCUT2D eigenvalue weighted by molar-refractivity contribution is 0.0437. The average molecular weight is 272 g/mol. The Morgan fingerprint density at radius 3 is 2.74 bits per heavy atom. The van der Waals surface area contributed by atoms with Crippen LogP contribution in [0, 0.1) is 5.92 Å². The number of methoxy groups -OCH3 is 1. The molecule has 0 amide bonds. The molecular weight excluding hydrogens is 240 g/mol. The Kier molecular flexibility index (Phi) is 7.29. The van der Waals surface area contributed by atoms with Crippen LogP contribution in [0.5, 0.6) is 0 Å². The molecule has 4 heteroatoms. The van der Waals surface area contributed by atoms with E-state index in [4.69, 9.17) is 4.74 Å². The first-order valence-electron chi connectivity index (χ1n) is 7.59. The smallest absolute Gasteiger partial charge is 0.0613 e. The zero-order valence-electron chi connectivity index (χ0n) is 13.1. The summed E-state index contributed by atoms with van der Waals surface area (Å²) >= 11 is 0. The highest BCUT2D eigenvalue weighted by atomic mass is 16.5. The number of hydrogen-bond donors (Lipinski definition) is 2. The maximum Gasteiger partial charge on any atom is 0.0613 e. The van der Waals surface area contributed by atoms with Crippen LogP contribution in [-0.2, 0) is 4.74 Å². The average Bonchev–Trinajstić information content (AvgIpc) is 2.43. The molecule has 0 radical (unpaired) electrons. The second kappa shape index (κ2) is 8.20. The Balaban J connectivity index is 2.66. The van der Waals surface area contributed by atoms with Gasteiger partial charge >= 0.3 is 0 Å². The van der Waals surface area contributed by atoms with E-state index in [0.717, 1.165) is 32.5 Å². The van der Waals surface area contributed by atoms with Gasteiger partial charge < -0.3 is 15.2 Å². The molecule has 0 saturated heterocycles. The minimum atomic E-state index is -0.0782. The summed E-state index contributed by atoms with van der Waals surface area (Å²) in [4.78, 5) is 2.55. The van der Waals surface area contributed by atoms with Crippen LogP contribution in [0.15, 0.2) is 0 Å². The van der Waals surface area contributed by atoms with Crippen molar-refractivity contribution in [2.45, 2.75) is 51.1 Å². The minimum Gasteiger partial charge on any atom is -0.394 e. The Labute approximate surface area is 118 Å². The molecule has 0 spiro atoms. The summed E-state index contributed by atoms with van der Waals surface area (Å²) in [6, 6.07) is 0.561. The summed E-state index contributed by atoms with van der Waals surface area (Å²) in [5, 5.41) is 13.0. The van der Waals surface area contributed by atoms with Gasteiger partial charge in [0.05, 0.1) is 13.2 Å². The molecule has 1 aliphatic carbocycles. The van der Waals surface area contributed by atoms with E-state index < -0.39 is 0 Å². The zero-order valence-corrected chi connectivity index (χ0v) is 13.1.